The van der Waals surface area contributed by atoms with Crippen LogP contribution in [0.1, 0.15) is 21.8 Å². The molecular weight excluding hydrogens is 222 g/mol. The van der Waals surface area contributed by atoms with Gasteiger partial charge in [0.1, 0.15) is 12.4 Å². The van der Waals surface area contributed by atoms with Crippen LogP contribution in [0.15, 0.2) is 41.1 Å². The second-order valence-corrected chi connectivity index (χ2v) is 3.42. The van der Waals surface area contributed by atoms with E-state index < -0.39 is 5.97 Å². The van der Waals surface area contributed by atoms with Crippen LogP contribution in [0.3, 0.4) is 0 Å². The van der Waals surface area contributed by atoms with Crippen molar-refractivity contribution in [3.63, 3.8) is 0 Å². The van der Waals surface area contributed by atoms with Gasteiger partial charge in [-0.2, -0.15) is 0 Å². The molecule has 5 heteroatoms. The van der Waals surface area contributed by atoms with Gasteiger partial charge in [0, 0.05) is 6.20 Å². The van der Waals surface area contributed by atoms with Crippen molar-refractivity contribution in [3.8, 4) is 0 Å². The van der Waals surface area contributed by atoms with E-state index in [9.17, 15) is 4.79 Å². The highest BCUT2D eigenvalue weighted by molar-refractivity contribution is 5.87. The summed E-state index contributed by atoms with van der Waals surface area (Å²) >= 11 is 0. The molecule has 2 aromatic rings. The van der Waals surface area contributed by atoms with Crippen LogP contribution in [0, 0.1) is 0 Å². The maximum atomic E-state index is 10.6. The number of carboxylic acid groups (broad SMARTS) is 1. The Labute approximate surface area is 97.7 Å². The molecule has 17 heavy (non-hydrogen) atoms. The van der Waals surface area contributed by atoms with Gasteiger partial charge in [0.25, 0.3) is 0 Å². The normalized spacial score (nSPS) is 10.4. The number of hydrogen-bond donors (Lipinski definition) is 1. The molecule has 2 aromatic heterocycles. The number of hydrogen-bond acceptors (Lipinski definition) is 4. The Morgan fingerprint density at radius 2 is 2.24 bits per heavy atom. The lowest BCUT2D eigenvalue weighted by molar-refractivity contribution is 0.0695. The Hall–Kier alpha value is -2.14. The van der Waals surface area contributed by atoms with Gasteiger partial charge in [0.2, 0.25) is 0 Å². The minimum Gasteiger partial charge on any atom is -0.478 e. The highest BCUT2D eigenvalue weighted by atomic mass is 16.5. The highest BCUT2D eigenvalue weighted by Crippen LogP contribution is 2.06. The number of ether oxygens (including phenoxy) is 1. The van der Waals surface area contributed by atoms with Gasteiger partial charge in [-0.05, 0) is 24.3 Å². The van der Waals surface area contributed by atoms with Gasteiger partial charge < -0.3 is 14.3 Å². The summed E-state index contributed by atoms with van der Waals surface area (Å²) in [6.07, 6.45) is 2.90. The van der Waals surface area contributed by atoms with Crippen LogP contribution in [0.4, 0.5) is 0 Å². The lowest BCUT2D eigenvalue weighted by Gasteiger charge is -2.02. The first kappa shape index (κ1) is 11.3. The molecule has 0 unspecified atom stereocenters. The van der Waals surface area contributed by atoms with Gasteiger partial charge in [-0.25, -0.2) is 4.79 Å². The summed E-state index contributed by atoms with van der Waals surface area (Å²) in [6, 6.07) is 6.74. The zero-order chi connectivity index (χ0) is 12.1. The predicted molar refractivity (Wildman–Crippen MR) is 58.4 cm³/mol. The van der Waals surface area contributed by atoms with Crippen LogP contribution in [-0.2, 0) is 18.0 Å². The topological polar surface area (TPSA) is 72.6 Å². The third-order valence-electron chi connectivity index (χ3n) is 2.15. The van der Waals surface area contributed by atoms with Crippen molar-refractivity contribution in [2.75, 3.05) is 0 Å². The first-order valence-corrected chi connectivity index (χ1v) is 5.04. The third-order valence-corrected chi connectivity index (χ3v) is 2.15. The van der Waals surface area contributed by atoms with Crippen molar-refractivity contribution in [1.82, 2.24) is 4.98 Å². The Morgan fingerprint density at radius 1 is 1.35 bits per heavy atom. The number of rotatable bonds is 5. The molecule has 2 heterocycles. The predicted octanol–water partition coefficient (Wildman–Crippen LogP) is 2.09. The molecule has 2 rings (SSSR count). The summed E-state index contributed by atoms with van der Waals surface area (Å²) in [7, 11) is 0. The molecule has 1 N–H and O–H groups in total. The van der Waals surface area contributed by atoms with Gasteiger partial charge in [-0.1, -0.05) is 0 Å². The fraction of sp³-hybridized carbons (Fsp3) is 0.167. The van der Waals surface area contributed by atoms with Crippen molar-refractivity contribution in [3.05, 3.63) is 53.7 Å². The molecule has 5 nitrogen and oxygen atoms in total. The SMILES string of the molecule is O=C(O)c1ccc(COCc2ccco2)nc1. The van der Waals surface area contributed by atoms with Crippen LogP contribution in [-0.4, -0.2) is 16.1 Å². The lowest BCUT2D eigenvalue weighted by atomic mass is 10.2. The maximum Gasteiger partial charge on any atom is 0.337 e. The Morgan fingerprint density at radius 3 is 2.82 bits per heavy atom. The second-order valence-electron chi connectivity index (χ2n) is 3.42. The van der Waals surface area contributed by atoms with Crippen LogP contribution >= 0.6 is 0 Å². The quantitative estimate of drug-likeness (QED) is 0.856. The van der Waals surface area contributed by atoms with Crippen LogP contribution < -0.4 is 0 Å². The lowest BCUT2D eigenvalue weighted by Crippen LogP contribution is -2.00. The minimum atomic E-state index is -0.986. The van der Waals surface area contributed by atoms with Gasteiger partial charge in [0.15, 0.2) is 0 Å². The van der Waals surface area contributed by atoms with Gasteiger partial charge in [-0.15, -0.1) is 0 Å². The molecular formula is C12H11NO4. The van der Waals surface area contributed by atoms with Crippen LogP contribution in [0.5, 0.6) is 0 Å². The number of carbonyl (C=O) groups is 1. The van der Waals surface area contributed by atoms with E-state index in [0.29, 0.717) is 18.9 Å². The van der Waals surface area contributed by atoms with Crippen molar-refractivity contribution < 1.29 is 19.1 Å². The summed E-state index contributed by atoms with van der Waals surface area (Å²) in [6.45, 7) is 0.690. The number of furan rings is 1. The van der Waals surface area contributed by atoms with E-state index in [-0.39, 0.29) is 5.56 Å². The fourth-order valence-corrected chi connectivity index (χ4v) is 1.29. The van der Waals surface area contributed by atoms with E-state index in [2.05, 4.69) is 4.98 Å². The molecule has 0 atom stereocenters. The number of carboxylic acids is 1. The Bertz CT molecular complexity index is 476. The van der Waals surface area contributed by atoms with Crippen molar-refractivity contribution >= 4 is 5.97 Å². The van der Waals surface area contributed by atoms with Gasteiger partial charge >= 0.3 is 5.97 Å². The van der Waals surface area contributed by atoms with E-state index in [1.54, 1.807) is 18.4 Å². The van der Waals surface area contributed by atoms with Gasteiger partial charge in [-0.3, -0.25) is 4.98 Å². The molecule has 0 saturated heterocycles. The standard InChI is InChI=1S/C12H11NO4/c14-12(15)9-3-4-10(13-6-9)7-16-8-11-2-1-5-17-11/h1-6H,7-8H2,(H,14,15). The Balaban J connectivity index is 1.85. The molecule has 0 aromatic carbocycles. The molecule has 0 fully saturated rings. The first-order chi connectivity index (χ1) is 8.25. The average Bonchev–Trinajstić information content (AvgIpc) is 2.83. The molecule has 0 aliphatic rings. The van der Waals surface area contributed by atoms with E-state index in [4.69, 9.17) is 14.3 Å². The summed E-state index contributed by atoms with van der Waals surface area (Å²) in [5.41, 5.74) is 0.848. The number of pyridine rings is 1. The molecule has 0 spiro atoms. The van der Waals surface area contributed by atoms with Crippen molar-refractivity contribution in [2.45, 2.75) is 13.2 Å². The summed E-state index contributed by atoms with van der Waals surface area (Å²) in [4.78, 5) is 14.6. The van der Waals surface area contributed by atoms with E-state index >= 15 is 0 Å². The van der Waals surface area contributed by atoms with Crippen molar-refractivity contribution in [2.24, 2.45) is 0 Å². The summed E-state index contributed by atoms with van der Waals surface area (Å²) < 4.78 is 10.5. The van der Waals surface area contributed by atoms with Gasteiger partial charge in [0.05, 0.1) is 24.1 Å². The third kappa shape index (κ3) is 3.15. The molecule has 88 valence electrons. The minimum absolute atomic E-state index is 0.166. The molecule has 0 amide bonds. The van der Waals surface area contributed by atoms with E-state index in [0.717, 1.165) is 5.76 Å². The maximum absolute atomic E-state index is 10.6. The van der Waals surface area contributed by atoms with Crippen LogP contribution in [0.2, 0.25) is 0 Å². The number of aromatic carboxylic acids is 1. The molecule has 0 saturated carbocycles. The van der Waals surface area contributed by atoms with E-state index in [1.807, 2.05) is 6.07 Å². The second kappa shape index (κ2) is 5.27. The zero-order valence-corrected chi connectivity index (χ0v) is 9.00. The molecule has 0 radical (unpaired) electrons. The smallest absolute Gasteiger partial charge is 0.337 e. The monoisotopic (exact) mass is 233 g/mol. The highest BCUT2D eigenvalue weighted by Gasteiger charge is 2.03. The molecule has 0 aliphatic carbocycles. The molecule has 0 bridgehead atoms. The summed E-state index contributed by atoms with van der Waals surface area (Å²) in [5.74, 6) is -0.243. The average molecular weight is 233 g/mol. The van der Waals surface area contributed by atoms with Crippen LogP contribution in [0.25, 0.3) is 0 Å². The largest absolute Gasteiger partial charge is 0.478 e. The molecule has 0 aliphatic heterocycles. The number of nitrogens with zero attached hydrogens (tertiary/aromatic N) is 1. The zero-order valence-electron chi connectivity index (χ0n) is 9.00. The van der Waals surface area contributed by atoms with E-state index in [1.165, 1.54) is 12.3 Å². The first-order valence-electron chi connectivity index (χ1n) is 5.04. The fourth-order valence-electron chi connectivity index (χ4n) is 1.29. The number of aromatic nitrogens is 1. The van der Waals surface area contributed by atoms with Crippen molar-refractivity contribution in [1.29, 1.82) is 0 Å². The summed E-state index contributed by atoms with van der Waals surface area (Å²) in [5, 5.41) is 8.69. The Kier molecular flexibility index (Phi) is 3.52.